The molecule has 0 radical (unpaired) electrons. The molecule has 16 heavy (non-hydrogen) atoms. The van der Waals surface area contributed by atoms with E-state index in [1.54, 1.807) is 0 Å². The van der Waals surface area contributed by atoms with E-state index in [0.29, 0.717) is 5.92 Å². The van der Waals surface area contributed by atoms with E-state index in [1.165, 1.54) is 0 Å². The Bertz CT molecular complexity index is 359. The highest BCUT2D eigenvalue weighted by atomic mass is 79.9. The van der Waals surface area contributed by atoms with E-state index in [0.717, 1.165) is 42.4 Å². The van der Waals surface area contributed by atoms with Crippen molar-refractivity contribution in [3.8, 4) is 0 Å². The largest absolute Gasteiger partial charge is 0.381 e. The van der Waals surface area contributed by atoms with E-state index >= 15 is 0 Å². The van der Waals surface area contributed by atoms with Crippen LogP contribution in [0.4, 0.5) is 0 Å². The van der Waals surface area contributed by atoms with Gasteiger partial charge in [0.1, 0.15) is 6.29 Å². The van der Waals surface area contributed by atoms with Gasteiger partial charge in [0.05, 0.1) is 0 Å². The van der Waals surface area contributed by atoms with E-state index in [2.05, 4.69) is 15.9 Å². The molecule has 0 N–H and O–H groups in total. The van der Waals surface area contributed by atoms with Crippen molar-refractivity contribution in [3.63, 3.8) is 0 Å². The maximum atomic E-state index is 11.3. The summed E-state index contributed by atoms with van der Waals surface area (Å²) in [6.07, 6.45) is 3.05. The first-order valence-corrected chi connectivity index (χ1v) is 6.39. The van der Waals surface area contributed by atoms with Crippen LogP contribution in [0.25, 0.3) is 0 Å². The fraction of sp³-hybridized carbons (Fsp3) is 0.462. The molecular formula is C13H15BrO2. The SMILES string of the molecule is O=CC(c1cccc(Br)c1)C1CCOCC1. The second-order valence-electron chi connectivity index (χ2n) is 4.17. The van der Waals surface area contributed by atoms with Gasteiger partial charge < -0.3 is 9.53 Å². The van der Waals surface area contributed by atoms with Crippen LogP contribution < -0.4 is 0 Å². The fourth-order valence-electron chi connectivity index (χ4n) is 2.25. The Morgan fingerprint density at radius 3 is 2.75 bits per heavy atom. The van der Waals surface area contributed by atoms with Crippen LogP contribution >= 0.6 is 15.9 Å². The number of rotatable bonds is 3. The lowest BCUT2D eigenvalue weighted by Gasteiger charge is -2.27. The first-order valence-electron chi connectivity index (χ1n) is 5.60. The molecule has 0 spiro atoms. The van der Waals surface area contributed by atoms with Crippen LogP contribution in [0.1, 0.15) is 24.3 Å². The molecule has 0 aromatic heterocycles. The third kappa shape index (κ3) is 2.71. The maximum absolute atomic E-state index is 11.3. The van der Waals surface area contributed by atoms with Crippen molar-refractivity contribution in [2.75, 3.05) is 13.2 Å². The van der Waals surface area contributed by atoms with Gasteiger partial charge in [-0.15, -0.1) is 0 Å². The minimum Gasteiger partial charge on any atom is -0.381 e. The Kier molecular flexibility index (Phi) is 4.13. The number of halogens is 1. The highest BCUT2D eigenvalue weighted by Gasteiger charge is 2.24. The van der Waals surface area contributed by atoms with Gasteiger partial charge in [-0.3, -0.25) is 0 Å². The minimum atomic E-state index is 0.0152. The number of ether oxygens (including phenoxy) is 1. The lowest BCUT2D eigenvalue weighted by atomic mass is 9.82. The number of benzene rings is 1. The summed E-state index contributed by atoms with van der Waals surface area (Å²) in [5.74, 6) is 0.446. The van der Waals surface area contributed by atoms with Gasteiger partial charge in [-0.2, -0.15) is 0 Å². The second kappa shape index (κ2) is 5.60. The van der Waals surface area contributed by atoms with Crippen LogP contribution in [-0.2, 0) is 9.53 Å². The van der Waals surface area contributed by atoms with E-state index in [1.807, 2.05) is 24.3 Å². The molecule has 2 nitrogen and oxygen atoms in total. The molecule has 1 aromatic carbocycles. The zero-order valence-corrected chi connectivity index (χ0v) is 10.7. The molecule has 1 aromatic rings. The molecule has 0 aliphatic carbocycles. The Balaban J connectivity index is 2.17. The monoisotopic (exact) mass is 282 g/mol. The molecule has 1 atom stereocenters. The van der Waals surface area contributed by atoms with Crippen LogP contribution in [0.5, 0.6) is 0 Å². The fourth-order valence-corrected chi connectivity index (χ4v) is 2.67. The van der Waals surface area contributed by atoms with Gasteiger partial charge in [0.2, 0.25) is 0 Å². The third-order valence-electron chi connectivity index (χ3n) is 3.15. The van der Waals surface area contributed by atoms with Gasteiger partial charge >= 0.3 is 0 Å². The van der Waals surface area contributed by atoms with E-state index < -0.39 is 0 Å². The molecule has 1 aliphatic rings. The van der Waals surface area contributed by atoms with Crippen molar-refractivity contribution in [1.29, 1.82) is 0 Å². The van der Waals surface area contributed by atoms with Crippen molar-refractivity contribution < 1.29 is 9.53 Å². The molecule has 86 valence electrons. The van der Waals surface area contributed by atoms with Crippen molar-refractivity contribution in [1.82, 2.24) is 0 Å². The zero-order valence-electron chi connectivity index (χ0n) is 9.06. The van der Waals surface area contributed by atoms with Gasteiger partial charge in [-0.05, 0) is 36.5 Å². The highest BCUT2D eigenvalue weighted by Crippen LogP contribution is 2.31. The normalized spacial score (nSPS) is 19.3. The van der Waals surface area contributed by atoms with E-state index in [4.69, 9.17) is 4.74 Å². The average molecular weight is 283 g/mol. The molecule has 1 aliphatic heterocycles. The summed E-state index contributed by atoms with van der Waals surface area (Å²) in [6.45, 7) is 1.56. The Morgan fingerprint density at radius 1 is 1.38 bits per heavy atom. The van der Waals surface area contributed by atoms with Crippen LogP contribution in [0, 0.1) is 5.92 Å². The summed E-state index contributed by atoms with van der Waals surface area (Å²) in [4.78, 5) is 11.3. The molecule has 1 heterocycles. The third-order valence-corrected chi connectivity index (χ3v) is 3.65. The molecule has 1 fully saturated rings. The second-order valence-corrected chi connectivity index (χ2v) is 5.08. The summed E-state index contributed by atoms with van der Waals surface area (Å²) in [7, 11) is 0. The van der Waals surface area contributed by atoms with Crippen molar-refractivity contribution >= 4 is 22.2 Å². The van der Waals surface area contributed by atoms with Gasteiger partial charge in [-0.1, -0.05) is 28.1 Å². The van der Waals surface area contributed by atoms with E-state index in [9.17, 15) is 4.79 Å². The van der Waals surface area contributed by atoms with Gasteiger partial charge in [-0.25, -0.2) is 0 Å². The number of carbonyl (C=O) groups excluding carboxylic acids is 1. The Morgan fingerprint density at radius 2 is 2.12 bits per heavy atom. The molecule has 2 rings (SSSR count). The smallest absolute Gasteiger partial charge is 0.127 e. The molecule has 3 heteroatoms. The summed E-state index contributed by atoms with van der Waals surface area (Å²) in [5, 5.41) is 0. The van der Waals surface area contributed by atoms with Crippen LogP contribution in [0.15, 0.2) is 28.7 Å². The van der Waals surface area contributed by atoms with Gasteiger partial charge in [0.15, 0.2) is 0 Å². The highest BCUT2D eigenvalue weighted by molar-refractivity contribution is 9.10. The lowest BCUT2D eigenvalue weighted by molar-refractivity contribution is -0.110. The lowest BCUT2D eigenvalue weighted by Crippen LogP contribution is -2.23. The minimum absolute atomic E-state index is 0.0152. The standard InChI is InChI=1S/C13H15BrO2/c14-12-3-1-2-11(8-12)13(9-15)10-4-6-16-7-5-10/h1-3,8-10,13H,4-7H2. The van der Waals surface area contributed by atoms with Gasteiger partial charge in [0, 0.05) is 23.6 Å². The zero-order chi connectivity index (χ0) is 11.4. The van der Waals surface area contributed by atoms with Crippen molar-refractivity contribution in [2.45, 2.75) is 18.8 Å². The van der Waals surface area contributed by atoms with Crippen molar-refractivity contribution in [2.24, 2.45) is 5.92 Å². The Labute approximate surface area is 104 Å². The molecule has 0 saturated carbocycles. The number of aldehydes is 1. The number of hydrogen-bond acceptors (Lipinski definition) is 2. The summed E-state index contributed by atoms with van der Waals surface area (Å²) in [6, 6.07) is 8.03. The first kappa shape index (κ1) is 11.8. The molecular weight excluding hydrogens is 268 g/mol. The Hall–Kier alpha value is -0.670. The molecule has 0 bridgehead atoms. The molecule has 1 saturated heterocycles. The molecule has 0 amide bonds. The van der Waals surface area contributed by atoms with Gasteiger partial charge in [0.25, 0.3) is 0 Å². The van der Waals surface area contributed by atoms with Crippen LogP contribution in [0.3, 0.4) is 0 Å². The average Bonchev–Trinajstić information content (AvgIpc) is 2.31. The van der Waals surface area contributed by atoms with Crippen molar-refractivity contribution in [3.05, 3.63) is 34.3 Å². The maximum Gasteiger partial charge on any atom is 0.127 e. The predicted octanol–water partition coefficient (Wildman–Crippen LogP) is 3.16. The predicted molar refractivity (Wildman–Crippen MR) is 66.5 cm³/mol. The number of hydrogen-bond donors (Lipinski definition) is 0. The topological polar surface area (TPSA) is 26.3 Å². The van der Waals surface area contributed by atoms with Crippen LogP contribution in [-0.4, -0.2) is 19.5 Å². The quantitative estimate of drug-likeness (QED) is 0.796. The van der Waals surface area contributed by atoms with Crippen LogP contribution in [0.2, 0.25) is 0 Å². The van der Waals surface area contributed by atoms with E-state index in [-0.39, 0.29) is 5.92 Å². The molecule has 1 unspecified atom stereocenters. The first-order chi connectivity index (χ1) is 7.81. The summed E-state index contributed by atoms with van der Waals surface area (Å²) >= 11 is 3.44. The summed E-state index contributed by atoms with van der Waals surface area (Å²) < 4.78 is 6.36. The summed E-state index contributed by atoms with van der Waals surface area (Å²) in [5.41, 5.74) is 1.11. The number of carbonyl (C=O) groups is 1.